The van der Waals surface area contributed by atoms with Gasteiger partial charge in [-0.25, -0.2) is 4.98 Å². The lowest BCUT2D eigenvalue weighted by molar-refractivity contribution is 0.483. The summed E-state index contributed by atoms with van der Waals surface area (Å²) >= 11 is 0. The number of fused-ring (bicyclic) bond motifs is 3. The first-order valence-corrected chi connectivity index (χ1v) is 12.6. The van der Waals surface area contributed by atoms with Gasteiger partial charge in [-0.05, 0) is 77.7 Å². The summed E-state index contributed by atoms with van der Waals surface area (Å²) in [5, 5.41) is 11.6. The minimum Gasteiger partial charge on any atom is -0.457 e. The van der Waals surface area contributed by atoms with E-state index in [9.17, 15) is 5.26 Å². The molecule has 3 aromatic carbocycles. The van der Waals surface area contributed by atoms with E-state index < -0.39 is 0 Å². The predicted molar refractivity (Wildman–Crippen MR) is 152 cm³/mol. The molecule has 38 heavy (non-hydrogen) atoms. The van der Waals surface area contributed by atoms with Crippen LogP contribution < -0.4 is 4.74 Å². The molecule has 0 unspecified atom stereocenters. The van der Waals surface area contributed by atoms with Crippen LogP contribution in [0.2, 0.25) is 0 Å². The van der Waals surface area contributed by atoms with Crippen LogP contribution in [0.4, 0.5) is 0 Å². The Balaban J connectivity index is 1.50. The van der Waals surface area contributed by atoms with Gasteiger partial charge in [0.1, 0.15) is 17.3 Å². The van der Waals surface area contributed by atoms with Crippen molar-refractivity contribution in [2.75, 3.05) is 0 Å². The third kappa shape index (κ3) is 4.27. The summed E-state index contributed by atoms with van der Waals surface area (Å²) in [5.74, 6) is 2.28. The molecule has 0 bridgehead atoms. The Morgan fingerprint density at radius 1 is 0.737 bits per heavy atom. The van der Waals surface area contributed by atoms with Crippen molar-refractivity contribution in [3.8, 4) is 34.6 Å². The predicted octanol–water partition coefficient (Wildman–Crippen LogP) is 8.20. The molecule has 0 aliphatic heterocycles. The SMILES string of the molecule is CC(C)(C)c1ccnc(-n2c3ccc(C#N)cc3c3ccc(Oc4cccc(-c5ccccn5)c4)cc32)c1. The van der Waals surface area contributed by atoms with Gasteiger partial charge in [0, 0.05) is 34.8 Å². The highest BCUT2D eigenvalue weighted by molar-refractivity contribution is 6.09. The molecule has 3 aromatic heterocycles. The summed E-state index contributed by atoms with van der Waals surface area (Å²) in [6.07, 6.45) is 3.65. The minimum absolute atomic E-state index is 0.0165. The Labute approximate surface area is 221 Å². The van der Waals surface area contributed by atoms with E-state index in [4.69, 9.17) is 9.72 Å². The van der Waals surface area contributed by atoms with E-state index in [1.807, 2.05) is 79.0 Å². The first-order valence-electron chi connectivity index (χ1n) is 12.6. The van der Waals surface area contributed by atoms with Gasteiger partial charge < -0.3 is 4.74 Å². The van der Waals surface area contributed by atoms with E-state index in [-0.39, 0.29) is 5.41 Å². The molecule has 0 atom stereocenters. The van der Waals surface area contributed by atoms with Gasteiger partial charge in [0.2, 0.25) is 0 Å². The quantitative estimate of drug-likeness (QED) is 0.248. The van der Waals surface area contributed by atoms with Crippen LogP contribution in [0.5, 0.6) is 11.5 Å². The number of pyridine rings is 2. The van der Waals surface area contributed by atoms with E-state index >= 15 is 0 Å². The molecular weight excluding hydrogens is 468 g/mol. The Morgan fingerprint density at radius 2 is 1.61 bits per heavy atom. The Morgan fingerprint density at radius 3 is 2.39 bits per heavy atom. The monoisotopic (exact) mass is 494 g/mol. The fraction of sp³-hybridized carbons (Fsp3) is 0.121. The van der Waals surface area contributed by atoms with Crippen molar-refractivity contribution < 1.29 is 4.74 Å². The Hall–Kier alpha value is -4.95. The van der Waals surface area contributed by atoms with Crippen LogP contribution in [-0.4, -0.2) is 14.5 Å². The molecule has 6 rings (SSSR count). The molecule has 0 saturated heterocycles. The van der Waals surface area contributed by atoms with Gasteiger partial charge in [-0.2, -0.15) is 5.26 Å². The van der Waals surface area contributed by atoms with Gasteiger partial charge in [-0.15, -0.1) is 0 Å². The second-order valence-electron chi connectivity index (χ2n) is 10.4. The van der Waals surface area contributed by atoms with Gasteiger partial charge in [0.15, 0.2) is 0 Å². The number of nitrogens with zero attached hydrogens (tertiary/aromatic N) is 4. The van der Waals surface area contributed by atoms with Crippen molar-refractivity contribution in [3.63, 3.8) is 0 Å². The number of rotatable bonds is 4. The van der Waals surface area contributed by atoms with Gasteiger partial charge in [0.25, 0.3) is 0 Å². The molecule has 184 valence electrons. The van der Waals surface area contributed by atoms with E-state index in [0.717, 1.165) is 44.6 Å². The highest BCUT2D eigenvalue weighted by Crippen LogP contribution is 2.36. The van der Waals surface area contributed by atoms with Crippen LogP contribution in [0.1, 0.15) is 31.9 Å². The van der Waals surface area contributed by atoms with Crippen LogP contribution in [0.15, 0.2) is 103 Å². The number of benzene rings is 3. The van der Waals surface area contributed by atoms with Crippen molar-refractivity contribution in [1.29, 1.82) is 5.26 Å². The third-order valence-corrected chi connectivity index (χ3v) is 6.74. The van der Waals surface area contributed by atoms with Crippen LogP contribution in [0.3, 0.4) is 0 Å². The highest BCUT2D eigenvalue weighted by atomic mass is 16.5. The molecule has 5 heteroatoms. The molecule has 0 saturated carbocycles. The van der Waals surface area contributed by atoms with E-state index in [2.05, 4.69) is 54.6 Å². The topological polar surface area (TPSA) is 63.7 Å². The summed E-state index contributed by atoms with van der Waals surface area (Å²) < 4.78 is 8.50. The zero-order valence-electron chi connectivity index (χ0n) is 21.5. The van der Waals surface area contributed by atoms with E-state index in [0.29, 0.717) is 11.3 Å². The van der Waals surface area contributed by atoms with Crippen molar-refractivity contribution in [2.24, 2.45) is 0 Å². The van der Waals surface area contributed by atoms with Crippen LogP contribution in [-0.2, 0) is 5.41 Å². The average Bonchev–Trinajstić information content (AvgIpc) is 3.26. The zero-order valence-corrected chi connectivity index (χ0v) is 21.5. The standard InChI is InChI=1S/C33H26N4O/c1-33(2,3)24-14-16-36-32(19-24)37-30-13-10-22(21-34)17-28(30)27-12-11-26(20-31(27)37)38-25-8-6-7-23(18-25)29-9-4-5-15-35-29/h4-20H,1-3H3. The maximum absolute atomic E-state index is 9.54. The van der Waals surface area contributed by atoms with Crippen molar-refractivity contribution in [1.82, 2.24) is 14.5 Å². The summed E-state index contributed by atoms with van der Waals surface area (Å²) in [6, 6.07) is 32.1. The van der Waals surface area contributed by atoms with Gasteiger partial charge in [0.05, 0.1) is 28.4 Å². The second-order valence-corrected chi connectivity index (χ2v) is 10.4. The first kappa shape index (κ1) is 23.4. The average molecular weight is 495 g/mol. The highest BCUT2D eigenvalue weighted by Gasteiger charge is 2.18. The van der Waals surface area contributed by atoms with Gasteiger partial charge in [-0.3, -0.25) is 9.55 Å². The largest absolute Gasteiger partial charge is 0.457 e. The molecule has 0 N–H and O–H groups in total. The van der Waals surface area contributed by atoms with Crippen molar-refractivity contribution in [2.45, 2.75) is 26.2 Å². The number of hydrogen-bond donors (Lipinski definition) is 0. The molecule has 0 amide bonds. The Bertz CT molecular complexity index is 1840. The number of hydrogen-bond acceptors (Lipinski definition) is 4. The summed E-state index contributed by atoms with van der Waals surface area (Å²) in [7, 11) is 0. The van der Waals surface area contributed by atoms with Gasteiger partial charge >= 0.3 is 0 Å². The molecule has 6 aromatic rings. The number of ether oxygens (including phenoxy) is 1. The molecule has 5 nitrogen and oxygen atoms in total. The molecular formula is C33H26N4O. The maximum Gasteiger partial charge on any atom is 0.137 e. The lowest BCUT2D eigenvalue weighted by atomic mass is 9.88. The summed E-state index contributed by atoms with van der Waals surface area (Å²) in [6.45, 7) is 6.59. The van der Waals surface area contributed by atoms with Crippen molar-refractivity contribution >= 4 is 21.8 Å². The number of nitriles is 1. The molecule has 0 aliphatic carbocycles. The fourth-order valence-corrected chi connectivity index (χ4v) is 4.78. The molecule has 3 heterocycles. The first-order chi connectivity index (χ1) is 18.4. The lowest BCUT2D eigenvalue weighted by Crippen LogP contribution is -2.12. The zero-order chi connectivity index (χ0) is 26.3. The van der Waals surface area contributed by atoms with Crippen LogP contribution in [0, 0.1) is 11.3 Å². The molecule has 0 spiro atoms. The smallest absolute Gasteiger partial charge is 0.137 e. The van der Waals surface area contributed by atoms with Crippen LogP contribution in [0.25, 0.3) is 38.9 Å². The van der Waals surface area contributed by atoms with Gasteiger partial charge in [-0.1, -0.05) is 39.0 Å². The lowest BCUT2D eigenvalue weighted by Gasteiger charge is -2.20. The van der Waals surface area contributed by atoms with E-state index in [1.54, 1.807) is 6.20 Å². The molecule has 0 aliphatic rings. The van der Waals surface area contributed by atoms with Crippen LogP contribution >= 0.6 is 0 Å². The second kappa shape index (κ2) is 9.17. The number of aromatic nitrogens is 3. The fourth-order valence-electron chi connectivity index (χ4n) is 4.78. The van der Waals surface area contributed by atoms with E-state index in [1.165, 1.54) is 5.56 Å². The molecule has 0 fully saturated rings. The summed E-state index contributed by atoms with van der Waals surface area (Å²) in [4.78, 5) is 9.20. The third-order valence-electron chi connectivity index (χ3n) is 6.74. The molecule has 0 radical (unpaired) electrons. The Kier molecular flexibility index (Phi) is 5.66. The minimum atomic E-state index is -0.0165. The summed E-state index contributed by atoms with van der Waals surface area (Å²) in [5.41, 5.74) is 5.65. The normalized spacial score (nSPS) is 11.5. The maximum atomic E-state index is 9.54. The van der Waals surface area contributed by atoms with Crippen molar-refractivity contribution in [3.05, 3.63) is 115 Å².